The molecule has 0 radical (unpaired) electrons. The van der Waals surface area contributed by atoms with Crippen molar-refractivity contribution < 1.29 is 4.79 Å². The first-order chi connectivity index (χ1) is 7.24. The number of pyridine rings is 1. The summed E-state index contributed by atoms with van der Waals surface area (Å²) in [6.07, 6.45) is 3.45. The number of carbonyl (C=O) groups excluding carboxylic acids is 1. The van der Waals surface area contributed by atoms with E-state index in [-0.39, 0.29) is 30.7 Å². The van der Waals surface area contributed by atoms with Crippen LogP contribution in [0.4, 0.5) is 0 Å². The van der Waals surface area contributed by atoms with E-state index in [9.17, 15) is 4.79 Å². The Labute approximate surface area is 114 Å². The van der Waals surface area contributed by atoms with Crippen LogP contribution in [0.5, 0.6) is 0 Å². The van der Waals surface area contributed by atoms with Crippen LogP contribution in [0.2, 0.25) is 0 Å². The summed E-state index contributed by atoms with van der Waals surface area (Å²) in [4.78, 5) is 15.6. The van der Waals surface area contributed by atoms with E-state index in [1.165, 1.54) is 0 Å². The molecule has 17 heavy (non-hydrogen) atoms. The van der Waals surface area contributed by atoms with Crippen molar-refractivity contribution in [1.82, 2.24) is 10.3 Å². The molecule has 0 saturated heterocycles. The van der Waals surface area contributed by atoms with Crippen LogP contribution >= 0.6 is 24.8 Å². The van der Waals surface area contributed by atoms with Gasteiger partial charge in [-0.1, -0.05) is 0 Å². The van der Waals surface area contributed by atoms with Crippen LogP contribution < -0.4 is 11.1 Å². The lowest BCUT2D eigenvalue weighted by Crippen LogP contribution is -2.25. The predicted octanol–water partition coefficient (Wildman–Crippen LogP) is 1.70. The van der Waals surface area contributed by atoms with Crippen LogP contribution in [0.25, 0.3) is 0 Å². The molecule has 0 aliphatic rings. The molecule has 0 saturated carbocycles. The molecule has 0 aromatic carbocycles. The molecule has 6 heteroatoms. The third-order valence-corrected chi connectivity index (χ3v) is 2.09. The number of hydrogen-bond donors (Lipinski definition) is 2. The molecule has 0 aliphatic heterocycles. The summed E-state index contributed by atoms with van der Waals surface area (Å²) >= 11 is 0. The third-order valence-electron chi connectivity index (χ3n) is 2.09. The normalized spacial score (nSPS) is 8.82. The molecule has 1 rings (SSSR count). The zero-order valence-electron chi connectivity index (χ0n) is 9.81. The van der Waals surface area contributed by atoms with E-state index in [4.69, 9.17) is 5.73 Å². The van der Waals surface area contributed by atoms with Crippen molar-refractivity contribution in [3.05, 3.63) is 29.6 Å². The van der Waals surface area contributed by atoms with Crippen LogP contribution in [0.1, 0.15) is 28.9 Å². The summed E-state index contributed by atoms with van der Waals surface area (Å²) in [5.41, 5.74) is 6.87. The van der Waals surface area contributed by atoms with Crippen molar-refractivity contribution >= 4 is 30.7 Å². The lowest BCUT2D eigenvalue weighted by Gasteiger charge is -2.04. The van der Waals surface area contributed by atoms with Gasteiger partial charge < -0.3 is 11.1 Å². The monoisotopic (exact) mass is 279 g/mol. The Hall–Kier alpha value is -0.840. The fourth-order valence-corrected chi connectivity index (χ4v) is 1.18. The molecule has 3 N–H and O–H groups in total. The number of carbonyl (C=O) groups is 1. The van der Waals surface area contributed by atoms with Gasteiger partial charge in [-0.15, -0.1) is 24.8 Å². The topological polar surface area (TPSA) is 68.0 Å². The molecule has 0 bridgehead atoms. The highest BCUT2D eigenvalue weighted by Gasteiger charge is 2.03. The second kappa shape index (κ2) is 10.3. The molecular weight excluding hydrogens is 261 g/mol. The van der Waals surface area contributed by atoms with E-state index in [1.807, 2.05) is 13.0 Å². The Morgan fingerprint density at radius 3 is 2.59 bits per heavy atom. The SMILES string of the molecule is Cc1ccc(C(=O)NCCCCN)cn1.Cl.Cl. The van der Waals surface area contributed by atoms with Crippen LogP contribution in [0.15, 0.2) is 18.3 Å². The lowest BCUT2D eigenvalue weighted by atomic mass is 10.2. The van der Waals surface area contributed by atoms with Crippen LogP contribution in [0, 0.1) is 6.92 Å². The fourth-order valence-electron chi connectivity index (χ4n) is 1.18. The number of aryl methyl sites for hydroxylation is 1. The molecule has 0 fully saturated rings. The maximum absolute atomic E-state index is 11.5. The first-order valence-electron chi connectivity index (χ1n) is 5.15. The average Bonchev–Trinajstić information content (AvgIpc) is 2.25. The number of nitrogens with zero attached hydrogens (tertiary/aromatic N) is 1. The molecule has 1 amide bonds. The number of nitrogens with one attached hydrogen (secondary N) is 1. The quantitative estimate of drug-likeness (QED) is 0.807. The first-order valence-corrected chi connectivity index (χ1v) is 5.15. The summed E-state index contributed by atoms with van der Waals surface area (Å²) < 4.78 is 0. The standard InChI is InChI=1S/C11H17N3O.2ClH/c1-9-4-5-10(8-14-9)11(15)13-7-3-2-6-12;;/h4-5,8H,2-3,6-7,12H2,1H3,(H,13,15);2*1H. The summed E-state index contributed by atoms with van der Waals surface area (Å²) in [5, 5.41) is 2.82. The van der Waals surface area contributed by atoms with Crippen molar-refractivity contribution in [2.45, 2.75) is 19.8 Å². The largest absolute Gasteiger partial charge is 0.352 e. The maximum atomic E-state index is 11.5. The van der Waals surface area contributed by atoms with Gasteiger partial charge in [0.05, 0.1) is 5.56 Å². The average molecular weight is 280 g/mol. The predicted molar refractivity (Wildman–Crippen MR) is 74.1 cm³/mol. The highest BCUT2D eigenvalue weighted by molar-refractivity contribution is 5.93. The van der Waals surface area contributed by atoms with Crippen molar-refractivity contribution in [3.8, 4) is 0 Å². The molecule has 0 unspecified atom stereocenters. The van der Waals surface area contributed by atoms with E-state index >= 15 is 0 Å². The van der Waals surface area contributed by atoms with Gasteiger partial charge in [0, 0.05) is 18.4 Å². The molecule has 4 nitrogen and oxygen atoms in total. The molecule has 0 aliphatic carbocycles. The van der Waals surface area contributed by atoms with Gasteiger partial charge in [0.1, 0.15) is 0 Å². The Balaban J connectivity index is 0. The summed E-state index contributed by atoms with van der Waals surface area (Å²) in [6.45, 7) is 3.23. The van der Waals surface area contributed by atoms with Crippen molar-refractivity contribution in [2.24, 2.45) is 5.73 Å². The zero-order chi connectivity index (χ0) is 11.1. The van der Waals surface area contributed by atoms with Crippen LogP contribution in [-0.4, -0.2) is 24.0 Å². The zero-order valence-corrected chi connectivity index (χ0v) is 11.4. The van der Waals surface area contributed by atoms with Crippen LogP contribution in [0.3, 0.4) is 0 Å². The van der Waals surface area contributed by atoms with Crippen molar-refractivity contribution in [3.63, 3.8) is 0 Å². The Kier molecular flexibility index (Phi) is 11.2. The Bertz CT molecular complexity index is 317. The van der Waals surface area contributed by atoms with Gasteiger partial charge in [-0.05, 0) is 38.4 Å². The number of amides is 1. The van der Waals surface area contributed by atoms with Crippen molar-refractivity contribution in [2.75, 3.05) is 13.1 Å². The Morgan fingerprint density at radius 2 is 2.06 bits per heavy atom. The highest BCUT2D eigenvalue weighted by Crippen LogP contribution is 1.98. The van der Waals surface area contributed by atoms with Gasteiger partial charge >= 0.3 is 0 Å². The molecule has 0 atom stereocenters. The lowest BCUT2D eigenvalue weighted by molar-refractivity contribution is 0.0952. The molecule has 1 aromatic rings. The summed E-state index contributed by atoms with van der Waals surface area (Å²) in [5.74, 6) is -0.0699. The first kappa shape index (κ1) is 18.5. The highest BCUT2D eigenvalue weighted by atomic mass is 35.5. The van der Waals surface area contributed by atoms with Gasteiger partial charge in [-0.3, -0.25) is 9.78 Å². The molecule has 98 valence electrons. The Morgan fingerprint density at radius 1 is 1.35 bits per heavy atom. The number of hydrogen-bond acceptors (Lipinski definition) is 3. The number of rotatable bonds is 5. The third kappa shape index (κ3) is 7.15. The summed E-state index contributed by atoms with van der Waals surface area (Å²) in [7, 11) is 0. The molecule has 0 spiro atoms. The van der Waals surface area contributed by atoms with Gasteiger partial charge in [-0.2, -0.15) is 0 Å². The van der Waals surface area contributed by atoms with E-state index < -0.39 is 0 Å². The molecule has 1 heterocycles. The number of halogens is 2. The van der Waals surface area contributed by atoms with Gasteiger partial charge in [0.25, 0.3) is 5.91 Å². The number of unbranched alkanes of at least 4 members (excludes halogenated alkanes) is 1. The van der Waals surface area contributed by atoms with Gasteiger partial charge in [0.15, 0.2) is 0 Å². The minimum absolute atomic E-state index is 0. The number of aromatic nitrogens is 1. The van der Waals surface area contributed by atoms with Crippen molar-refractivity contribution in [1.29, 1.82) is 0 Å². The second-order valence-corrected chi connectivity index (χ2v) is 3.44. The van der Waals surface area contributed by atoms with Crippen LogP contribution in [-0.2, 0) is 0 Å². The number of nitrogens with two attached hydrogens (primary N) is 1. The maximum Gasteiger partial charge on any atom is 0.252 e. The minimum atomic E-state index is -0.0699. The van der Waals surface area contributed by atoms with Gasteiger partial charge in [0.2, 0.25) is 0 Å². The molecule has 1 aromatic heterocycles. The van der Waals surface area contributed by atoms with E-state index in [0.717, 1.165) is 18.5 Å². The second-order valence-electron chi connectivity index (χ2n) is 3.44. The smallest absolute Gasteiger partial charge is 0.252 e. The van der Waals surface area contributed by atoms with E-state index in [0.29, 0.717) is 18.7 Å². The summed E-state index contributed by atoms with van der Waals surface area (Å²) in [6, 6.07) is 3.61. The minimum Gasteiger partial charge on any atom is -0.352 e. The molecular formula is C11H19Cl2N3O. The van der Waals surface area contributed by atoms with Gasteiger partial charge in [-0.25, -0.2) is 0 Å². The van der Waals surface area contributed by atoms with E-state index in [1.54, 1.807) is 12.3 Å². The fraction of sp³-hybridized carbons (Fsp3) is 0.455. The van der Waals surface area contributed by atoms with E-state index in [2.05, 4.69) is 10.3 Å².